The molecule has 2 saturated heterocycles. The smallest absolute Gasteiger partial charge is 0.257 e. The third kappa shape index (κ3) is 6.23. The summed E-state index contributed by atoms with van der Waals surface area (Å²) in [5, 5.41) is 9.98. The number of phenols is 1. The van der Waals surface area contributed by atoms with Crippen LogP contribution in [0.5, 0.6) is 5.75 Å². The molecule has 0 spiro atoms. The topological polar surface area (TPSA) is 82.1 Å². The maximum Gasteiger partial charge on any atom is 0.257 e. The second-order valence-corrected chi connectivity index (χ2v) is 9.69. The van der Waals surface area contributed by atoms with Gasteiger partial charge in [0.25, 0.3) is 5.91 Å². The lowest BCUT2D eigenvalue weighted by Gasteiger charge is -2.40. The quantitative estimate of drug-likeness (QED) is 0.631. The predicted molar refractivity (Wildman–Crippen MR) is 124 cm³/mol. The van der Waals surface area contributed by atoms with E-state index >= 15 is 0 Å². The highest BCUT2D eigenvalue weighted by Crippen LogP contribution is 2.33. The molecule has 1 aromatic carbocycles. The minimum Gasteiger partial charge on any atom is -0.507 e. The van der Waals surface area contributed by atoms with E-state index in [1.165, 1.54) is 7.11 Å². The van der Waals surface area contributed by atoms with Crippen LogP contribution in [0.2, 0.25) is 0 Å². The van der Waals surface area contributed by atoms with Crippen molar-refractivity contribution in [1.82, 2.24) is 15.3 Å². The zero-order valence-electron chi connectivity index (χ0n) is 20.0. The summed E-state index contributed by atoms with van der Waals surface area (Å²) in [6.07, 6.45) is 5.09. The molecule has 7 heteroatoms. The Morgan fingerprint density at radius 2 is 1.59 bits per heavy atom. The van der Waals surface area contributed by atoms with Crippen molar-refractivity contribution < 1.29 is 19.5 Å². The van der Waals surface area contributed by atoms with Crippen molar-refractivity contribution in [3.63, 3.8) is 0 Å². The Kier molecular flexibility index (Phi) is 8.54. The molecule has 0 saturated carbocycles. The average molecular weight is 446 g/mol. The number of aryl methyl sites for hydroxylation is 2. The van der Waals surface area contributed by atoms with E-state index in [0.29, 0.717) is 30.6 Å². The minimum absolute atomic E-state index is 0.0589. The number of rotatable bonds is 7. The molecule has 0 aliphatic carbocycles. The Balaban J connectivity index is 1.43. The largest absolute Gasteiger partial charge is 0.507 e. The monoisotopic (exact) mass is 445 g/mol. The van der Waals surface area contributed by atoms with E-state index in [1.54, 1.807) is 0 Å². The molecule has 32 heavy (non-hydrogen) atoms. The van der Waals surface area contributed by atoms with Crippen molar-refractivity contribution in [2.45, 2.75) is 52.9 Å². The number of nitrogens with one attached hydrogen (secondary N) is 1. The van der Waals surface area contributed by atoms with E-state index in [4.69, 9.17) is 0 Å². The molecule has 7 nitrogen and oxygen atoms in total. The van der Waals surface area contributed by atoms with Crippen LogP contribution in [0.1, 0.15) is 49.3 Å². The number of benzene rings is 1. The number of hydrogen-bond donors (Lipinski definition) is 2. The van der Waals surface area contributed by atoms with Crippen LogP contribution < -0.4 is 5.48 Å². The SMILES string of the molecule is CONC(=O)CN1CCC(C2CCN(C(=O)[C@H](C)Cc3cc(C)c(O)c(C)c3)CC2)CC1. The molecule has 3 rings (SSSR count). The van der Waals surface area contributed by atoms with Crippen LogP contribution >= 0.6 is 0 Å². The summed E-state index contributed by atoms with van der Waals surface area (Å²) in [7, 11) is 1.46. The van der Waals surface area contributed by atoms with Gasteiger partial charge in [-0.15, -0.1) is 0 Å². The summed E-state index contributed by atoms with van der Waals surface area (Å²) >= 11 is 0. The molecule has 2 N–H and O–H groups in total. The second kappa shape index (κ2) is 11.1. The lowest BCUT2D eigenvalue weighted by molar-refractivity contribution is -0.136. The molecule has 2 fully saturated rings. The summed E-state index contributed by atoms with van der Waals surface area (Å²) in [6.45, 7) is 9.81. The van der Waals surface area contributed by atoms with Crippen molar-refractivity contribution in [1.29, 1.82) is 0 Å². The van der Waals surface area contributed by atoms with Crippen LogP contribution in [0.3, 0.4) is 0 Å². The van der Waals surface area contributed by atoms with E-state index in [0.717, 1.165) is 68.6 Å². The minimum atomic E-state index is -0.0930. The van der Waals surface area contributed by atoms with E-state index in [2.05, 4.69) is 15.2 Å². The molecule has 2 heterocycles. The maximum atomic E-state index is 13.0. The first-order chi connectivity index (χ1) is 15.3. The Bertz CT molecular complexity index is 773. The second-order valence-electron chi connectivity index (χ2n) is 9.69. The van der Waals surface area contributed by atoms with E-state index < -0.39 is 0 Å². The van der Waals surface area contributed by atoms with Gasteiger partial charge in [0.2, 0.25) is 5.91 Å². The first-order valence-electron chi connectivity index (χ1n) is 11.9. The van der Waals surface area contributed by atoms with E-state index in [-0.39, 0.29) is 17.7 Å². The maximum absolute atomic E-state index is 13.0. The lowest BCUT2D eigenvalue weighted by Crippen LogP contribution is -2.45. The Hall–Kier alpha value is -2.12. The molecule has 178 valence electrons. The molecule has 1 atom stereocenters. The molecule has 0 radical (unpaired) electrons. The van der Waals surface area contributed by atoms with Gasteiger partial charge in [0.05, 0.1) is 13.7 Å². The first-order valence-corrected chi connectivity index (χ1v) is 11.9. The van der Waals surface area contributed by atoms with Crippen LogP contribution in [0, 0.1) is 31.6 Å². The van der Waals surface area contributed by atoms with E-state index in [1.807, 2.05) is 37.8 Å². The zero-order chi connectivity index (χ0) is 23.3. The average Bonchev–Trinajstić information content (AvgIpc) is 2.77. The van der Waals surface area contributed by atoms with Gasteiger partial charge >= 0.3 is 0 Å². The number of nitrogens with zero attached hydrogens (tertiary/aromatic N) is 2. The van der Waals surface area contributed by atoms with Crippen molar-refractivity contribution in [3.8, 4) is 5.75 Å². The van der Waals surface area contributed by atoms with Gasteiger partial charge in [0, 0.05) is 19.0 Å². The number of carbonyl (C=O) groups is 2. The van der Waals surface area contributed by atoms with Crippen molar-refractivity contribution >= 4 is 11.8 Å². The molecule has 0 bridgehead atoms. The summed E-state index contributed by atoms with van der Waals surface area (Å²) in [4.78, 5) is 33.7. The number of likely N-dealkylation sites (tertiary alicyclic amines) is 2. The molecule has 1 aromatic rings. The van der Waals surface area contributed by atoms with Crippen molar-refractivity contribution in [3.05, 3.63) is 28.8 Å². The molecule has 0 aromatic heterocycles. The molecule has 2 aliphatic rings. The number of amides is 2. The molecular weight excluding hydrogens is 406 g/mol. The highest BCUT2D eigenvalue weighted by atomic mass is 16.6. The number of aromatic hydroxyl groups is 1. The Labute approximate surface area is 192 Å². The predicted octanol–water partition coefficient (Wildman–Crippen LogP) is 2.82. The number of carbonyl (C=O) groups excluding carboxylic acids is 2. The van der Waals surface area contributed by atoms with Gasteiger partial charge in [-0.2, -0.15) is 0 Å². The number of phenolic OH excluding ortho intramolecular Hbond substituents is 1. The first kappa shape index (κ1) is 24.5. The number of hydrogen-bond acceptors (Lipinski definition) is 5. The summed E-state index contributed by atoms with van der Waals surface area (Å²) in [5.74, 6) is 1.80. The molecule has 2 aliphatic heterocycles. The molecule has 0 unspecified atom stereocenters. The number of hydroxylamine groups is 1. The molecule has 2 amide bonds. The standard InChI is InChI=1S/C25H39N3O4/c1-17-13-20(14-18(2)24(17)30)15-19(3)25(31)28-11-7-22(8-12-28)21-5-9-27(10-6-21)16-23(29)26-32-4/h13-14,19,21-22,30H,5-12,15-16H2,1-4H3,(H,26,29)/t19-/m1/s1. The van der Waals surface area contributed by atoms with Gasteiger partial charge in [0.1, 0.15) is 5.75 Å². The highest BCUT2D eigenvalue weighted by molar-refractivity contribution is 5.79. The third-order valence-electron chi connectivity index (χ3n) is 7.25. The highest BCUT2D eigenvalue weighted by Gasteiger charge is 2.32. The third-order valence-corrected chi connectivity index (χ3v) is 7.25. The van der Waals surface area contributed by atoms with Crippen LogP contribution in [-0.4, -0.2) is 66.6 Å². The summed E-state index contributed by atoms with van der Waals surface area (Å²) < 4.78 is 0. The van der Waals surface area contributed by atoms with Gasteiger partial charge in [-0.1, -0.05) is 19.1 Å². The zero-order valence-corrected chi connectivity index (χ0v) is 20.0. The van der Waals surface area contributed by atoms with Gasteiger partial charge < -0.3 is 10.0 Å². The summed E-state index contributed by atoms with van der Waals surface area (Å²) in [5.41, 5.74) is 5.23. The van der Waals surface area contributed by atoms with Crippen LogP contribution in [0.25, 0.3) is 0 Å². The normalized spacial score (nSPS) is 19.7. The fourth-order valence-corrected chi connectivity index (χ4v) is 5.44. The van der Waals surface area contributed by atoms with Crippen LogP contribution in [-0.2, 0) is 20.8 Å². The fraction of sp³-hybridized carbons (Fsp3) is 0.680. The van der Waals surface area contributed by atoms with Crippen molar-refractivity contribution in [2.24, 2.45) is 17.8 Å². The van der Waals surface area contributed by atoms with Gasteiger partial charge in [-0.05, 0) is 87.6 Å². The van der Waals surface area contributed by atoms with Crippen molar-refractivity contribution in [2.75, 3.05) is 39.8 Å². The van der Waals surface area contributed by atoms with E-state index in [9.17, 15) is 14.7 Å². The van der Waals surface area contributed by atoms with Gasteiger partial charge in [0.15, 0.2) is 0 Å². The fourth-order valence-electron chi connectivity index (χ4n) is 5.44. The van der Waals surface area contributed by atoms with Crippen LogP contribution in [0.15, 0.2) is 12.1 Å². The number of piperidine rings is 2. The van der Waals surface area contributed by atoms with Gasteiger partial charge in [-0.25, -0.2) is 5.48 Å². The van der Waals surface area contributed by atoms with Crippen LogP contribution in [0.4, 0.5) is 0 Å². The lowest BCUT2D eigenvalue weighted by atomic mass is 9.78. The van der Waals surface area contributed by atoms with Gasteiger partial charge in [-0.3, -0.25) is 19.3 Å². The molecular formula is C25H39N3O4. The summed E-state index contributed by atoms with van der Waals surface area (Å²) in [6, 6.07) is 3.98. The Morgan fingerprint density at radius 3 is 2.12 bits per heavy atom. The Morgan fingerprint density at radius 1 is 1.06 bits per heavy atom.